The minimum Gasteiger partial charge on any atom is -0.379 e. The van der Waals surface area contributed by atoms with Gasteiger partial charge >= 0.3 is 0 Å². The van der Waals surface area contributed by atoms with Crippen LogP contribution in [-0.4, -0.2) is 46.1 Å². The second-order valence-corrected chi connectivity index (χ2v) is 4.88. The molecule has 2 rings (SSSR count). The maximum Gasteiger partial charge on any atom is 0.250 e. The molecule has 1 aromatic rings. The van der Waals surface area contributed by atoms with E-state index in [0.29, 0.717) is 13.0 Å². The highest BCUT2D eigenvalue weighted by Gasteiger charge is 2.38. The first-order valence-corrected chi connectivity index (χ1v) is 6.24. The molecule has 1 aliphatic heterocycles. The number of pyridine rings is 1. The van der Waals surface area contributed by atoms with Crippen molar-refractivity contribution in [1.29, 1.82) is 0 Å². The first kappa shape index (κ1) is 13.0. The lowest BCUT2D eigenvalue weighted by molar-refractivity contribution is -0.142. The third-order valence-electron chi connectivity index (χ3n) is 3.47. The molecule has 1 saturated heterocycles. The highest BCUT2D eigenvalue weighted by atomic mass is 16.3. The number of carbonyl (C=O) groups is 1. The van der Waals surface area contributed by atoms with Crippen LogP contribution >= 0.6 is 0 Å². The summed E-state index contributed by atoms with van der Waals surface area (Å²) >= 11 is 0. The molecule has 0 aromatic carbocycles. The molecule has 1 unspecified atom stereocenters. The molecule has 1 aromatic heterocycles. The van der Waals surface area contributed by atoms with Gasteiger partial charge in [-0.1, -0.05) is 0 Å². The average Bonchev–Trinajstić information content (AvgIpc) is 2.38. The van der Waals surface area contributed by atoms with E-state index in [9.17, 15) is 9.90 Å². The van der Waals surface area contributed by atoms with Crippen LogP contribution in [0.4, 0.5) is 0 Å². The maximum atomic E-state index is 11.2. The number of hydrogen-bond acceptors (Lipinski definition) is 4. The van der Waals surface area contributed by atoms with Gasteiger partial charge < -0.3 is 10.8 Å². The van der Waals surface area contributed by atoms with Crippen LogP contribution in [0.1, 0.15) is 18.4 Å². The third-order valence-corrected chi connectivity index (χ3v) is 3.47. The van der Waals surface area contributed by atoms with Gasteiger partial charge in [-0.15, -0.1) is 0 Å². The fourth-order valence-electron chi connectivity index (χ4n) is 2.35. The normalized spacial score (nSPS) is 24.9. The van der Waals surface area contributed by atoms with Crippen LogP contribution < -0.4 is 5.73 Å². The summed E-state index contributed by atoms with van der Waals surface area (Å²) < 4.78 is 0. The maximum absolute atomic E-state index is 11.2. The summed E-state index contributed by atoms with van der Waals surface area (Å²) in [7, 11) is 0. The number of piperidine rings is 1. The molecular weight excluding hydrogens is 230 g/mol. The summed E-state index contributed by atoms with van der Waals surface area (Å²) in [5.41, 5.74) is 5.10. The molecule has 0 bridgehead atoms. The number of nitrogens with two attached hydrogens (primary N) is 1. The van der Waals surface area contributed by atoms with Gasteiger partial charge in [0.1, 0.15) is 0 Å². The summed E-state index contributed by atoms with van der Waals surface area (Å²) in [5.74, 6) is -0.615. The monoisotopic (exact) mass is 249 g/mol. The number of primary amides is 1. The number of carbonyl (C=O) groups excluding carboxylic acids is 1. The number of aromatic nitrogens is 1. The van der Waals surface area contributed by atoms with Crippen molar-refractivity contribution in [2.45, 2.75) is 24.9 Å². The predicted octanol–water partition coefficient (Wildman–Crippen LogP) is -0.0637. The lowest BCUT2D eigenvalue weighted by atomic mass is 9.92. The Kier molecular flexibility index (Phi) is 3.93. The van der Waals surface area contributed by atoms with E-state index in [4.69, 9.17) is 5.73 Å². The fraction of sp³-hybridized carbons (Fsp3) is 0.538. The number of rotatable bonds is 4. The number of likely N-dealkylation sites (tertiary alicyclic amines) is 1. The lowest BCUT2D eigenvalue weighted by Gasteiger charge is -2.37. The molecule has 3 N–H and O–H groups in total. The second-order valence-electron chi connectivity index (χ2n) is 4.88. The molecule has 98 valence electrons. The Balaban J connectivity index is 1.89. The van der Waals surface area contributed by atoms with Gasteiger partial charge in [0.05, 0.1) is 0 Å². The van der Waals surface area contributed by atoms with E-state index in [0.717, 1.165) is 25.9 Å². The zero-order chi connectivity index (χ0) is 13.0. The van der Waals surface area contributed by atoms with Gasteiger partial charge in [0.2, 0.25) is 0 Å². The van der Waals surface area contributed by atoms with Crippen molar-refractivity contribution < 1.29 is 9.90 Å². The van der Waals surface area contributed by atoms with Crippen molar-refractivity contribution in [2.75, 3.05) is 19.6 Å². The van der Waals surface area contributed by atoms with Gasteiger partial charge in [0, 0.05) is 25.5 Å². The molecule has 5 nitrogen and oxygen atoms in total. The molecule has 1 fully saturated rings. The third kappa shape index (κ3) is 3.05. The number of nitrogens with zero attached hydrogens (tertiary/aromatic N) is 2. The molecule has 5 heteroatoms. The molecule has 0 spiro atoms. The highest BCUT2D eigenvalue weighted by Crippen LogP contribution is 2.20. The molecule has 18 heavy (non-hydrogen) atoms. The van der Waals surface area contributed by atoms with E-state index in [1.165, 1.54) is 5.56 Å². The Bertz CT molecular complexity index is 410. The van der Waals surface area contributed by atoms with E-state index in [2.05, 4.69) is 9.88 Å². The summed E-state index contributed by atoms with van der Waals surface area (Å²) in [5, 5.41) is 10.1. The van der Waals surface area contributed by atoms with Crippen LogP contribution in [0.2, 0.25) is 0 Å². The summed E-state index contributed by atoms with van der Waals surface area (Å²) in [6.07, 6.45) is 5.69. The number of aliphatic hydroxyl groups is 1. The molecular formula is C13H19N3O2. The SMILES string of the molecule is NC(=O)C1(O)CCCN(CCc2ccncc2)C1. The van der Waals surface area contributed by atoms with Gasteiger partial charge in [-0.2, -0.15) is 0 Å². The van der Waals surface area contributed by atoms with E-state index in [-0.39, 0.29) is 0 Å². The van der Waals surface area contributed by atoms with Crippen molar-refractivity contribution in [3.8, 4) is 0 Å². The first-order valence-electron chi connectivity index (χ1n) is 6.24. The van der Waals surface area contributed by atoms with Crippen LogP contribution in [0.15, 0.2) is 24.5 Å². The number of amides is 1. The van der Waals surface area contributed by atoms with Crippen molar-refractivity contribution in [3.05, 3.63) is 30.1 Å². The molecule has 2 heterocycles. The summed E-state index contributed by atoms with van der Waals surface area (Å²) in [6.45, 7) is 2.06. The van der Waals surface area contributed by atoms with Crippen LogP contribution in [0.25, 0.3) is 0 Å². The molecule has 0 saturated carbocycles. The number of hydrogen-bond donors (Lipinski definition) is 2. The zero-order valence-corrected chi connectivity index (χ0v) is 10.4. The summed E-state index contributed by atoms with van der Waals surface area (Å²) in [4.78, 5) is 17.3. The van der Waals surface area contributed by atoms with Crippen molar-refractivity contribution in [2.24, 2.45) is 5.73 Å². The molecule has 1 amide bonds. The van der Waals surface area contributed by atoms with Crippen molar-refractivity contribution in [3.63, 3.8) is 0 Å². The van der Waals surface area contributed by atoms with Crippen LogP contribution in [-0.2, 0) is 11.2 Å². The Morgan fingerprint density at radius 3 is 2.89 bits per heavy atom. The lowest BCUT2D eigenvalue weighted by Crippen LogP contribution is -2.56. The second kappa shape index (κ2) is 5.46. The number of β-amino-alcohol motifs (C(OH)–C–C–N with tert-alkyl or cyclic N) is 1. The van der Waals surface area contributed by atoms with Crippen molar-refractivity contribution in [1.82, 2.24) is 9.88 Å². The van der Waals surface area contributed by atoms with E-state index in [1.807, 2.05) is 12.1 Å². The molecule has 0 aliphatic carbocycles. The Hall–Kier alpha value is -1.46. The predicted molar refractivity (Wildman–Crippen MR) is 67.8 cm³/mol. The Labute approximate surface area is 107 Å². The van der Waals surface area contributed by atoms with Gasteiger partial charge in [-0.3, -0.25) is 14.7 Å². The van der Waals surface area contributed by atoms with Gasteiger partial charge in [-0.05, 0) is 43.5 Å². The van der Waals surface area contributed by atoms with Gasteiger partial charge in [0.25, 0.3) is 5.91 Å². The van der Waals surface area contributed by atoms with Gasteiger partial charge in [0.15, 0.2) is 5.60 Å². The van der Waals surface area contributed by atoms with Gasteiger partial charge in [-0.25, -0.2) is 0 Å². The molecule has 1 atom stereocenters. The Morgan fingerprint density at radius 2 is 2.22 bits per heavy atom. The molecule has 1 aliphatic rings. The minimum atomic E-state index is -1.35. The molecule has 0 radical (unpaired) electrons. The van der Waals surface area contributed by atoms with Crippen LogP contribution in [0, 0.1) is 0 Å². The van der Waals surface area contributed by atoms with Crippen molar-refractivity contribution >= 4 is 5.91 Å². The zero-order valence-electron chi connectivity index (χ0n) is 10.4. The fourth-order valence-corrected chi connectivity index (χ4v) is 2.35. The van der Waals surface area contributed by atoms with Crippen LogP contribution in [0.5, 0.6) is 0 Å². The topological polar surface area (TPSA) is 79.5 Å². The van der Waals surface area contributed by atoms with Crippen LogP contribution in [0.3, 0.4) is 0 Å². The highest BCUT2D eigenvalue weighted by molar-refractivity contribution is 5.83. The average molecular weight is 249 g/mol. The summed E-state index contributed by atoms with van der Waals surface area (Å²) in [6, 6.07) is 3.95. The quantitative estimate of drug-likeness (QED) is 0.783. The van der Waals surface area contributed by atoms with E-state index >= 15 is 0 Å². The largest absolute Gasteiger partial charge is 0.379 e. The first-order chi connectivity index (χ1) is 8.60. The van der Waals surface area contributed by atoms with E-state index < -0.39 is 11.5 Å². The van der Waals surface area contributed by atoms with E-state index in [1.54, 1.807) is 12.4 Å². The minimum absolute atomic E-state index is 0.341. The Morgan fingerprint density at radius 1 is 1.50 bits per heavy atom. The standard InChI is InChI=1S/C13H19N3O2/c14-12(17)13(18)5-1-8-16(10-13)9-4-11-2-6-15-7-3-11/h2-3,6-7,18H,1,4-5,8-10H2,(H2,14,17). The smallest absolute Gasteiger partial charge is 0.250 e.